The molecule has 0 unspecified atom stereocenters. The van der Waals surface area contributed by atoms with Crippen molar-refractivity contribution in [2.24, 2.45) is 0 Å². The summed E-state index contributed by atoms with van der Waals surface area (Å²) in [5, 5.41) is 10.7. The van der Waals surface area contributed by atoms with Gasteiger partial charge in [0.1, 0.15) is 0 Å². The molecule has 0 spiro atoms. The molecule has 0 atom stereocenters. The summed E-state index contributed by atoms with van der Waals surface area (Å²) in [6, 6.07) is 12.1. The highest BCUT2D eigenvalue weighted by Crippen LogP contribution is 2.26. The normalized spacial score (nSPS) is 14.5. The summed E-state index contributed by atoms with van der Waals surface area (Å²) in [5.74, 6) is -0.0731. The summed E-state index contributed by atoms with van der Waals surface area (Å²) in [4.78, 5) is 27.0. The van der Waals surface area contributed by atoms with Gasteiger partial charge in [0.2, 0.25) is 0 Å². The largest absolute Gasteiger partial charge is 0.368 e. The number of non-ortho nitro benzene ring substituents is 1. The monoisotopic (exact) mass is 339 g/mol. The van der Waals surface area contributed by atoms with Crippen LogP contribution < -0.4 is 4.90 Å². The Morgan fingerprint density at radius 3 is 2.04 bits per heavy atom. The molecule has 0 bridgehead atoms. The van der Waals surface area contributed by atoms with E-state index in [9.17, 15) is 14.9 Å². The van der Waals surface area contributed by atoms with E-state index < -0.39 is 4.92 Å². The Labute approximate surface area is 146 Å². The van der Waals surface area contributed by atoms with Crippen LogP contribution in [0.15, 0.2) is 42.5 Å². The van der Waals surface area contributed by atoms with E-state index in [1.807, 2.05) is 4.90 Å². The summed E-state index contributed by atoms with van der Waals surface area (Å²) >= 11 is 0. The summed E-state index contributed by atoms with van der Waals surface area (Å²) < 4.78 is 0. The predicted octanol–water partition coefficient (Wildman–Crippen LogP) is 3.17. The molecule has 1 amide bonds. The van der Waals surface area contributed by atoms with Crippen molar-refractivity contribution in [3.8, 4) is 0 Å². The Morgan fingerprint density at radius 2 is 1.52 bits per heavy atom. The third-order valence-corrected chi connectivity index (χ3v) is 4.65. The van der Waals surface area contributed by atoms with Gasteiger partial charge in [0, 0.05) is 49.6 Å². The number of amides is 1. The van der Waals surface area contributed by atoms with Gasteiger partial charge in [-0.1, -0.05) is 18.2 Å². The lowest BCUT2D eigenvalue weighted by Crippen LogP contribution is -2.49. The summed E-state index contributed by atoms with van der Waals surface area (Å²) in [7, 11) is 0. The van der Waals surface area contributed by atoms with E-state index >= 15 is 0 Å². The maximum Gasteiger partial charge on any atom is 0.269 e. The second-order valence-electron chi connectivity index (χ2n) is 6.32. The second kappa shape index (κ2) is 6.93. The average Bonchev–Trinajstić information content (AvgIpc) is 2.61. The van der Waals surface area contributed by atoms with Gasteiger partial charge in [-0.3, -0.25) is 14.9 Å². The molecule has 0 aliphatic carbocycles. The standard InChI is InChI=1S/C19H21N3O3/c1-14-4-3-5-15(2)18(14)20-10-12-21(13-11-20)19(23)16-6-8-17(9-7-16)22(24)25/h3-9H,10-13H2,1-2H3. The van der Waals surface area contributed by atoms with Crippen LogP contribution in [-0.2, 0) is 0 Å². The number of anilines is 1. The summed E-state index contributed by atoms with van der Waals surface area (Å²) in [5.41, 5.74) is 4.23. The van der Waals surface area contributed by atoms with Crippen LogP contribution in [0.25, 0.3) is 0 Å². The maximum atomic E-state index is 12.6. The van der Waals surface area contributed by atoms with Crippen LogP contribution in [-0.4, -0.2) is 41.9 Å². The third kappa shape index (κ3) is 3.47. The maximum absolute atomic E-state index is 12.6. The Balaban J connectivity index is 1.67. The number of nitro groups is 1. The number of hydrogen-bond donors (Lipinski definition) is 0. The molecular formula is C19H21N3O3. The fourth-order valence-corrected chi connectivity index (χ4v) is 3.35. The zero-order valence-electron chi connectivity index (χ0n) is 14.4. The Bertz CT molecular complexity index is 774. The first-order chi connectivity index (χ1) is 12.0. The third-order valence-electron chi connectivity index (χ3n) is 4.65. The molecule has 6 heteroatoms. The molecule has 6 nitrogen and oxygen atoms in total. The van der Waals surface area contributed by atoms with Gasteiger partial charge >= 0.3 is 0 Å². The van der Waals surface area contributed by atoms with E-state index in [-0.39, 0.29) is 11.6 Å². The van der Waals surface area contributed by atoms with Gasteiger partial charge < -0.3 is 9.80 Å². The highest BCUT2D eigenvalue weighted by molar-refractivity contribution is 5.94. The van der Waals surface area contributed by atoms with Crippen LogP contribution >= 0.6 is 0 Å². The van der Waals surface area contributed by atoms with Crippen molar-refractivity contribution >= 4 is 17.3 Å². The average molecular weight is 339 g/mol. The minimum Gasteiger partial charge on any atom is -0.368 e. The molecule has 1 aliphatic rings. The molecule has 2 aromatic carbocycles. The zero-order valence-corrected chi connectivity index (χ0v) is 14.4. The molecule has 25 heavy (non-hydrogen) atoms. The number of nitro benzene ring substituents is 1. The first-order valence-electron chi connectivity index (χ1n) is 8.32. The highest BCUT2D eigenvalue weighted by atomic mass is 16.6. The van der Waals surface area contributed by atoms with E-state index in [0.29, 0.717) is 18.7 Å². The highest BCUT2D eigenvalue weighted by Gasteiger charge is 2.24. The van der Waals surface area contributed by atoms with Crippen molar-refractivity contribution in [1.82, 2.24) is 4.90 Å². The first kappa shape index (κ1) is 17.0. The predicted molar refractivity (Wildman–Crippen MR) is 97.1 cm³/mol. The molecular weight excluding hydrogens is 318 g/mol. The molecule has 1 heterocycles. The minimum absolute atomic E-state index is 0.00334. The number of rotatable bonds is 3. The lowest BCUT2D eigenvalue weighted by atomic mass is 10.1. The first-order valence-corrected chi connectivity index (χ1v) is 8.32. The van der Waals surface area contributed by atoms with Crippen LogP contribution in [0.2, 0.25) is 0 Å². The van der Waals surface area contributed by atoms with E-state index in [2.05, 4.69) is 36.9 Å². The summed E-state index contributed by atoms with van der Waals surface area (Å²) in [6.45, 7) is 7.06. The molecule has 0 N–H and O–H groups in total. The number of carbonyl (C=O) groups is 1. The van der Waals surface area contributed by atoms with Crippen LogP contribution in [0.5, 0.6) is 0 Å². The van der Waals surface area contributed by atoms with E-state index in [0.717, 1.165) is 13.1 Å². The molecule has 0 radical (unpaired) electrons. The van der Waals surface area contributed by atoms with Crippen molar-refractivity contribution in [3.63, 3.8) is 0 Å². The van der Waals surface area contributed by atoms with Crippen molar-refractivity contribution in [2.45, 2.75) is 13.8 Å². The van der Waals surface area contributed by atoms with Gasteiger partial charge in [-0.25, -0.2) is 0 Å². The van der Waals surface area contributed by atoms with Crippen molar-refractivity contribution < 1.29 is 9.72 Å². The van der Waals surface area contributed by atoms with E-state index in [1.165, 1.54) is 41.1 Å². The number of aryl methyl sites for hydroxylation is 2. The molecule has 1 saturated heterocycles. The van der Waals surface area contributed by atoms with Crippen LogP contribution in [0.4, 0.5) is 11.4 Å². The van der Waals surface area contributed by atoms with Crippen molar-refractivity contribution in [2.75, 3.05) is 31.1 Å². The fraction of sp³-hybridized carbons (Fsp3) is 0.316. The number of hydrogen-bond acceptors (Lipinski definition) is 4. The Hall–Kier alpha value is -2.89. The van der Waals surface area contributed by atoms with Crippen molar-refractivity contribution in [1.29, 1.82) is 0 Å². The molecule has 3 rings (SSSR count). The fourth-order valence-electron chi connectivity index (χ4n) is 3.35. The van der Waals surface area contributed by atoms with Crippen LogP contribution in [0.1, 0.15) is 21.5 Å². The van der Waals surface area contributed by atoms with Gasteiger partial charge in [0.25, 0.3) is 11.6 Å². The lowest BCUT2D eigenvalue weighted by molar-refractivity contribution is -0.384. The quantitative estimate of drug-likeness (QED) is 0.636. The number of carbonyl (C=O) groups excluding carboxylic acids is 1. The molecule has 130 valence electrons. The van der Waals surface area contributed by atoms with Gasteiger partial charge in [-0.15, -0.1) is 0 Å². The zero-order chi connectivity index (χ0) is 18.0. The minimum atomic E-state index is -0.461. The van der Waals surface area contributed by atoms with Crippen LogP contribution in [0.3, 0.4) is 0 Å². The van der Waals surface area contributed by atoms with E-state index in [4.69, 9.17) is 0 Å². The van der Waals surface area contributed by atoms with E-state index in [1.54, 1.807) is 0 Å². The number of nitrogens with zero attached hydrogens (tertiary/aromatic N) is 3. The number of para-hydroxylation sites is 1. The number of benzene rings is 2. The SMILES string of the molecule is Cc1cccc(C)c1N1CCN(C(=O)c2ccc([N+](=O)[O-])cc2)CC1. The summed E-state index contributed by atoms with van der Waals surface area (Å²) in [6.07, 6.45) is 0. The second-order valence-corrected chi connectivity index (χ2v) is 6.32. The van der Waals surface area contributed by atoms with Gasteiger partial charge in [-0.2, -0.15) is 0 Å². The lowest BCUT2D eigenvalue weighted by Gasteiger charge is -2.37. The molecule has 1 fully saturated rings. The van der Waals surface area contributed by atoms with Gasteiger partial charge in [0.05, 0.1) is 4.92 Å². The van der Waals surface area contributed by atoms with Gasteiger partial charge in [-0.05, 0) is 37.1 Å². The molecule has 0 aromatic heterocycles. The number of piperazine rings is 1. The Kier molecular flexibility index (Phi) is 4.70. The smallest absolute Gasteiger partial charge is 0.269 e. The Morgan fingerprint density at radius 1 is 0.960 bits per heavy atom. The molecule has 2 aromatic rings. The van der Waals surface area contributed by atoms with Gasteiger partial charge in [0.15, 0.2) is 0 Å². The topological polar surface area (TPSA) is 66.7 Å². The van der Waals surface area contributed by atoms with Crippen LogP contribution in [0, 0.1) is 24.0 Å². The molecule has 0 saturated carbocycles. The van der Waals surface area contributed by atoms with Crippen molar-refractivity contribution in [3.05, 3.63) is 69.3 Å². The molecule has 1 aliphatic heterocycles.